The van der Waals surface area contributed by atoms with Gasteiger partial charge in [0.25, 0.3) is 5.91 Å². The maximum atomic E-state index is 12.4. The molecule has 1 amide bonds. The molecule has 1 aliphatic carbocycles. The Bertz CT molecular complexity index is 467. The summed E-state index contributed by atoms with van der Waals surface area (Å²) in [6.45, 7) is 2.38. The van der Waals surface area contributed by atoms with Crippen LogP contribution < -0.4 is 4.74 Å². The first-order chi connectivity index (χ1) is 9.76. The van der Waals surface area contributed by atoms with Crippen LogP contribution >= 0.6 is 0 Å². The van der Waals surface area contributed by atoms with Crippen LogP contribution in [-0.2, 0) is 4.74 Å². The van der Waals surface area contributed by atoms with Crippen molar-refractivity contribution in [1.82, 2.24) is 4.90 Å². The highest BCUT2D eigenvalue weighted by molar-refractivity contribution is 5.94. The van der Waals surface area contributed by atoms with Crippen LogP contribution in [0.25, 0.3) is 0 Å². The number of ether oxygens (including phenoxy) is 2. The van der Waals surface area contributed by atoms with E-state index in [-0.39, 0.29) is 12.0 Å². The SMILES string of the molecule is COc1ccc(C(=O)N2CC[C@H](OCC3CC3)C2)cc1. The largest absolute Gasteiger partial charge is 0.497 e. The molecule has 1 aromatic carbocycles. The first-order valence-electron chi connectivity index (χ1n) is 7.31. The van der Waals surface area contributed by atoms with Gasteiger partial charge in [0.2, 0.25) is 0 Å². The van der Waals surface area contributed by atoms with Crippen molar-refractivity contribution in [1.29, 1.82) is 0 Å². The highest BCUT2D eigenvalue weighted by Crippen LogP contribution is 2.30. The molecule has 20 heavy (non-hydrogen) atoms. The van der Waals surface area contributed by atoms with Gasteiger partial charge in [0.15, 0.2) is 0 Å². The minimum Gasteiger partial charge on any atom is -0.497 e. The van der Waals surface area contributed by atoms with Crippen LogP contribution in [0.1, 0.15) is 29.6 Å². The zero-order valence-electron chi connectivity index (χ0n) is 11.9. The Hall–Kier alpha value is -1.55. The van der Waals surface area contributed by atoms with E-state index < -0.39 is 0 Å². The molecule has 2 aliphatic rings. The lowest BCUT2D eigenvalue weighted by Crippen LogP contribution is -2.30. The number of rotatable bonds is 5. The van der Waals surface area contributed by atoms with Gasteiger partial charge in [0, 0.05) is 25.3 Å². The van der Waals surface area contributed by atoms with Gasteiger partial charge in [-0.2, -0.15) is 0 Å². The molecule has 2 fully saturated rings. The number of methoxy groups -OCH3 is 1. The van der Waals surface area contributed by atoms with Crippen LogP contribution in [0, 0.1) is 5.92 Å². The topological polar surface area (TPSA) is 38.8 Å². The smallest absolute Gasteiger partial charge is 0.253 e. The normalized spacial score (nSPS) is 22.1. The predicted molar refractivity (Wildman–Crippen MR) is 76.0 cm³/mol. The summed E-state index contributed by atoms with van der Waals surface area (Å²) in [5.74, 6) is 1.64. The standard InChI is InChI=1S/C16H21NO3/c1-19-14-6-4-13(5-7-14)16(18)17-9-8-15(10-17)20-11-12-2-3-12/h4-7,12,15H,2-3,8-11H2,1H3/t15-/m0/s1. The van der Waals surface area contributed by atoms with E-state index in [1.54, 1.807) is 7.11 Å². The molecule has 1 saturated heterocycles. The van der Waals surface area contributed by atoms with Gasteiger partial charge in [-0.1, -0.05) is 0 Å². The van der Waals surface area contributed by atoms with E-state index in [1.807, 2.05) is 29.2 Å². The first-order valence-corrected chi connectivity index (χ1v) is 7.31. The van der Waals surface area contributed by atoms with E-state index >= 15 is 0 Å². The van der Waals surface area contributed by atoms with Crippen molar-refractivity contribution < 1.29 is 14.3 Å². The maximum Gasteiger partial charge on any atom is 0.253 e. The summed E-state index contributed by atoms with van der Waals surface area (Å²) in [5.41, 5.74) is 0.716. The average Bonchev–Trinajstić information content (AvgIpc) is 3.21. The zero-order valence-corrected chi connectivity index (χ0v) is 11.9. The first kappa shape index (κ1) is 13.4. The molecule has 0 radical (unpaired) electrons. The van der Waals surface area contributed by atoms with Gasteiger partial charge in [-0.15, -0.1) is 0 Å². The fourth-order valence-corrected chi connectivity index (χ4v) is 2.52. The molecule has 1 heterocycles. The molecule has 0 spiro atoms. The maximum absolute atomic E-state index is 12.4. The van der Waals surface area contributed by atoms with E-state index in [1.165, 1.54) is 12.8 Å². The zero-order chi connectivity index (χ0) is 13.9. The number of hydrogen-bond donors (Lipinski definition) is 0. The quantitative estimate of drug-likeness (QED) is 0.828. The highest BCUT2D eigenvalue weighted by atomic mass is 16.5. The van der Waals surface area contributed by atoms with Gasteiger partial charge in [0.05, 0.1) is 13.2 Å². The Morgan fingerprint density at radius 3 is 2.65 bits per heavy atom. The molecule has 1 aromatic rings. The van der Waals surface area contributed by atoms with Gasteiger partial charge in [0.1, 0.15) is 5.75 Å². The van der Waals surface area contributed by atoms with Gasteiger partial charge >= 0.3 is 0 Å². The van der Waals surface area contributed by atoms with Crippen molar-refractivity contribution in [3.63, 3.8) is 0 Å². The van der Waals surface area contributed by atoms with Crippen LogP contribution in [0.5, 0.6) is 5.75 Å². The lowest BCUT2D eigenvalue weighted by atomic mass is 10.2. The molecule has 4 heteroatoms. The van der Waals surface area contributed by atoms with E-state index in [0.717, 1.165) is 37.8 Å². The predicted octanol–water partition coefficient (Wildman–Crippen LogP) is 2.34. The van der Waals surface area contributed by atoms with Crippen LogP contribution in [0.15, 0.2) is 24.3 Å². The summed E-state index contributed by atoms with van der Waals surface area (Å²) in [6.07, 6.45) is 3.79. The van der Waals surface area contributed by atoms with Crippen molar-refractivity contribution in [2.45, 2.75) is 25.4 Å². The molecule has 0 unspecified atom stereocenters. The number of likely N-dealkylation sites (tertiary alicyclic amines) is 1. The molecule has 3 rings (SSSR count). The summed E-state index contributed by atoms with van der Waals surface area (Å²) in [7, 11) is 1.62. The Morgan fingerprint density at radius 1 is 1.25 bits per heavy atom. The number of carbonyl (C=O) groups is 1. The summed E-state index contributed by atoms with van der Waals surface area (Å²) in [4.78, 5) is 14.3. The average molecular weight is 275 g/mol. The van der Waals surface area contributed by atoms with Crippen molar-refractivity contribution in [3.8, 4) is 5.75 Å². The fourth-order valence-electron chi connectivity index (χ4n) is 2.52. The third kappa shape index (κ3) is 3.12. The monoisotopic (exact) mass is 275 g/mol. The van der Waals surface area contributed by atoms with Crippen molar-refractivity contribution >= 4 is 5.91 Å². The van der Waals surface area contributed by atoms with Crippen LogP contribution in [0.4, 0.5) is 0 Å². The Labute approximate surface area is 119 Å². The second kappa shape index (κ2) is 5.83. The molecule has 0 aromatic heterocycles. The minimum absolute atomic E-state index is 0.0881. The minimum atomic E-state index is 0.0881. The van der Waals surface area contributed by atoms with Crippen LogP contribution in [0.3, 0.4) is 0 Å². The lowest BCUT2D eigenvalue weighted by molar-refractivity contribution is 0.0480. The van der Waals surface area contributed by atoms with E-state index in [0.29, 0.717) is 5.56 Å². The van der Waals surface area contributed by atoms with E-state index in [2.05, 4.69) is 0 Å². The van der Waals surface area contributed by atoms with Crippen LogP contribution in [-0.4, -0.2) is 43.7 Å². The molecule has 108 valence electrons. The summed E-state index contributed by atoms with van der Waals surface area (Å²) in [5, 5.41) is 0. The number of nitrogens with zero attached hydrogens (tertiary/aromatic N) is 1. The van der Waals surface area contributed by atoms with E-state index in [4.69, 9.17) is 9.47 Å². The van der Waals surface area contributed by atoms with E-state index in [9.17, 15) is 4.79 Å². The second-order valence-corrected chi connectivity index (χ2v) is 5.67. The van der Waals surface area contributed by atoms with Gasteiger partial charge in [-0.05, 0) is 49.4 Å². The second-order valence-electron chi connectivity index (χ2n) is 5.67. The number of benzene rings is 1. The lowest BCUT2D eigenvalue weighted by Gasteiger charge is -2.17. The summed E-state index contributed by atoms with van der Waals surface area (Å²) >= 11 is 0. The molecule has 4 nitrogen and oxygen atoms in total. The third-order valence-corrected chi connectivity index (χ3v) is 4.03. The molecule has 0 bridgehead atoms. The van der Waals surface area contributed by atoms with Crippen molar-refractivity contribution in [2.24, 2.45) is 5.92 Å². The third-order valence-electron chi connectivity index (χ3n) is 4.03. The number of carbonyl (C=O) groups excluding carboxylic acids is 1. The molecular formula is C16H21NO3. The summed E-state index contributed by atoms with van der Waals surface area (Å²) in [6, 6.07) is 7.29. The van der Waals surface area contributed by atoms with Gasteiger partial charge in [-0.3, -0.25) is 4.79 Å². The Morgan fingerprint density at radius 2 is 2.00 bits per heavy atom. The van der Waals surface area contributed by atoms with Crippen LogP contribution in [0.2, 0.25) is 0 Å². The summed E-state index contributed by atoms with van der Waals surface area (Å²) < 4.78 is 11.0. The van der Waals surface area contributed by atoms with Gasteiger partial charge in [-0.25, -0.2) is 0 Å². The van der Waals surface area contributed by atoms with Gasteiger partial charge < -0.3 is 14.4 Å². The highest BCUT2D eigenvalue weighted by Gasteiger charge is 2.29. The molecule has 1 atom stereocenters. The Balaban J connectivity index is 1.54. The van der Waals surface area contributed by atoms with Crippen molar-refractivity contribution in [2.75, 3.05) is 26.8 Å². The molecular weight excluding hydrogens is 254 g/mol. The fraction of sp³-hybridized carbons (Fsp3) is 0.562. The molecule has 1 aliphatic heterocycles. The number of hydrogen-bond acceptors (Lipinski definition) is 3. The number of amides is 1. The molecule has 1 saturated carbocycles. The van der Waals surface area contributed by atoms with Crippen molar-refractivity contribution in [3.05, 3.63) is 29.8 Å². The molecule has 0 N–H and O–H groups in total. The Kier molecular flexibility index (Phi) is 3.92.